The van der Waals surface area contributed by atoms with Crippen molar-refractivity contribution in [2.45, 2.75) is 53.9 Å². The summed E-state index contributed by atoms with van der Waals surface area (Å²) < 4.78 is 10.9. The maximum Gasteiger partial charge on any atom is 0.162 e. The molecule has 0 aliphatic rings. The van der Waals surface area contributed by atoms with E-state index >= 15 is 0 Å². The third-order valence-corrected chi connectivity index (χ3v) is 2.89. The standard InChI is InChI=1S/C14H26N2O2/c1-10(2)7-15-8-13-6-14(18-16-13)9-17-12(5)11(3)4/h6,10-12,15H,7-9H2,1-5H3. The van der Waals surface area contributed by atoms with E-state index in [-0.39, 0.29) is 6.10 Å². The highest BCUT2D eigenvalue weighted by atomic mass is 16.5. The normalized spacial score (nSPS) is 13.5. The second kappa shape index (κ2) is 7.54. The van der Waals surface area contributed by atoms with Crippen LogP contribution in [0.5, 0.6) is 0 Å². The zero-order valence-corrected chi connectivity index (χ0v) is 12.2. The molecule has 1 atom stereocenters. The highest BCUT2D eigenvalue weighted by molar-refractivity contribution is 5.04. The van der Waals surface area contributed by atoms with E-state index in [1.54, 1.807) is 0 Å². The van der Waals surface area contributed by atoms with Gasteiger partial charge < -0.3 is 14.6 Å². The van der Waals surface area contributed by atoms with Crippen LogP contribution in [0.15, 0.2) is 10.6 Å². The number of hydrogen-bond acceptors (Lipinski definition) is 4. The lowest BCUT2D eigenvalue weighted by atomic mass is 10.1. The molecule has 0 amide bonds. The van der Waals surface area contributed by atoms with Crippen LogP contribution in [-0.4, -0.2) is 17.8 Å². The molecule has 104 valence electrons. The molecule has 0 radical (unpaired) electrons. The third-order valence-electron chi connectivity index (χ3n) is 2.89. The third kappa shape index (κ3) is 5.65. The maximum absolute atomic E-state index is 5.69. The Labute approximate surface area is 110 Å². The van der Waals surface area contributed by atoms with E-state index in [1.165, 1.54) is 0 Å². The molecule has 1 heterocycles. The van der Waals surface area contributed by atoms with Crippen LogP contribution in [0.3, 0.4) is 0 Å². The van der Waals surface area contributed by atoms with Gasteiger partial charge in [0.15, 0.2) is 5.76 Å². The van der Waals surface area contributed by atoms with Gasteiger partial charge in [-0.3, -0.25) is 0 Å². The summed E-state index contributed by atoms with van der Waals surface area (Å²) in [7, 11) is 0. The van der Waals surface area contributed by atoms with E-state index in [1.807, 2.05) is 6.07 Å². The van der Waals surface area contributed by atoms with Gasteiger partial charge in [-0.2, -0.15) is 0 Å². The first-order valence-electron chi connectivity index (χ1n) is 6.75. The van der Waals surface area contributed by atoms with Crippen LogP contribution in [0.25, 0.3) is 0 Å². The predicted molar refractivity (Wildman–Crippen MR) is 72.1 cm³/mol. The lowest BCUT2D eigenvalue weighted by Crippen LogP contribution is -2.19. The van der Waals surface area contributed by atoms with Crippen molar-refractivity contribution in [3.8, 4) is 0 Å². The molecule has 0 aliphatic heterocycles. The van der Waals surface area contributed by atoms with Crippen molar-refractivity contribution in [2.24, 2.45) is 11.8 Å². The SMILES string of the molecule is CC(C)CNCc1cc(COC(C)C(C)C)on1. The van der Waals surface area contributed by atoms with E-state index in [2.05, 4.69) is 45.1 Å². The van der Waals surface area contributed by atoms with Crippen LogP contribution >= 0.6 is 0 Å². The number of hydrogen-bond donors (Lipinski definition) is 1. The Bertz CT molecular complexity index is 334. The first kappa shape index (κ1) is 15.2. The molecule has 1 aromatic heterocycles. The first-order valence-corrected chi connectivity index (χ1v) is 6.75. The van der Waals surface area contributed by atoms with Crippen LogP contribution in [0.2, 0.25) is 0 Å². The monoisotopic (exact) mass is 254 g/mol. The summed E-state index contributed by atoms with van der Waals surface area (Å²) in [6, 6.07) is 1.96. The fourth-order valence-electron chi connectivity index (χ4n) is 1.40. The quantitative estimate of drug-likeness (QED) is 0.774. The van der Waals surface area contributed by atoms with E-state index in [4.69, 9.17) is 9.26 Å². The van der Waals surface area contributed by atoms with Crippen LogP contribution in [0.4, 0.5) is 0 Å². The Kier molecular flexibility index (Phi) is 6.36. The summed E-state index contributed by atoms with van der Waals surface area (Å²) in [4.78, 5) is 0. The number of rotatable bonds is 8. The summed E-state index contributed by atoms with van der Waals surface area (Å²) in [5, 5.41) is 7.35. The van der Waals surface area contributed by atoms with Gasteiger partial charge in [0, 0.05) is 12.6 Å². The number of nitrogens with one attached hydrogen (secondary N) is 1. The second-order valence-corrected chi connectivity index (χ2v) is 5.57. The van der Waals surface area contributed by atoms with Gasteiger partial charge in [-0.05, 0) is 25.3 Å². The Morgan fingerprint density at radius 3 is 2.61 bits per heavy atom. The molecular weight excluding hydrogens is 228 g/mol. The number of ether oxygens (including phenoxy) is 1. The summed E-state index contributed by atoms with van der Waals surface area (Å²) in [5.41, 5.74) is 0.937. The van der Waals surface area contributed by atoms with Crippen molar-refractivity contribution in [2.75, 3.05) is 6.54 Å². The molecule has 1 aromatic rings. The molecule has 1 N–H and O–H groups in total. The van der Waals surface area contributed by atoms with Crippen LogP contribution < -0.4 is 5.32 Å². The average molecular weight is 254 g/mol. The highest BCUT2D eigenvalue weighted by Crippen LogP contribution is 2.10. The minimum absolute atomic E-state index is 0.234. The second-order valence-electron chi connectivity index (χ2n) is 5.57. The molecule has 18 heavy (non-hydrogen) atoms. The summed E-state index contributed by atoms with van der Waals surface area (Å²) in [6.07, 6.45) is 0.234. The number of aromatic nitrogens is 1. The molecule has 0 saturated carbocycles. The zero-order valence-electron chi connectivity index (χ0n) is 12.2. The van der Waals surface area contributed by atoms with Crippen molar-refractivity contribution in [1.29, 1.82) is 0 Å². The topological polar surface area (TPSA) is 47.3 Å². The van der Waals surface area contributed by atoms with Gasteiger partial charge in [0.1, 0.15) is 6.61 Å². The Morgan fingerprint density at radius 2 is 2.00 bits per heavy atom. The summed E-state index contributed by atoms with van der Waals surface area (Å²) >= 11 is 0. The van der Waals surface area contributed by atoms with Gasteiger partial charge in [0.25, 0.3) is 0 Å². The molecule has 0 saturated heterocycles. The van der Waals surface area contributed by atoms with Crippen LogP contribution in [0.1, 0.15) is 46.1 Å². The molecule has 0 spiro atoms. The van der Waals surface area contributed by atoms with Gasteiger partial charge in [-0.1, -0.05) is 32.9 Å². The summed E-state index contributed by atoms with van der Waals surface area (Å²) in [6.45, 7) is 13.0. The fourth-order valence-corrected chi connectivity index (χ4v) is 1.40. The van der Waals surface area contributed by atoms with E-state index in [9.17, 15) is 0 Å². The Hall–Kier alpha value is -0.870. The molecule has 4 nitrogen and oxygen atoms in total. The summed E-state index contributed by atoms with van der Waals surface area (Å²) in [5.74, 6) is 1.95. The minimum atomic E-state index is 0.234. The van der Waals surface area contributed by atoms with Gasteiger partial charge in [0.2, 0.25) is 0 Å². The number of nitrogens with zero attached hydrogens (tertiary/aromatic N) is 1. The van der Waals surface area contributed by atoms with Gasteiger partial charge in [-0.25, -0.2) is 0 Å². The van der Waals surface area contributed by atoms with Crippen LogP contribution in [0, 0.1) is 11.8 Å². The molecule has 4 heteroatoms. The maximum atomic E-state index is 5.69. The van der Waals surface area contributed by atoms with E-state index in [0.717, 1.165) is 24.5 Å². The van der Waals surface area contributed by atoms with Crippen molar-refractivity contribution >= 4 is 0 Å². The van der Waals surface area contributed by atoms with Gasteiger partial charge >= 0.3 is 0 Å². The van der Waals surface area contributed by atoms with Crippen molar-refractivity contribution in [3.63, 3.8) is 0 Å². The molecule has 1 rings (SSSR count). The zero-order chi connectivity index (χ0) is 13.5. The predicted octanol–water partition coefficient (Wildman–Crippen LogP) is 2.98. The molecule has 0 bridgehead atoms. The average Bonchev–Trinajstić information content (AvgIpc) is 2.73. The van der Waals surface area contributed by atoms with Gasteiger partial charge in [0.05, 0.1) is 11.8 Å². The van der Waals surface area contributed by atoms with Crippen molar-refractivity contribution in [1.82, 2.24) is 10.5 Å². The molecule has 1 unspecified atom stereocenters. The van der Waals surface area contributed by atoms with Crippen molar-refractivity contribution < 1.29 is 9.26 Å². The smallest absolute Gasteiger partial charge is 0.162 e. The van der Waals surface area contributed by atoms with Gasteiger partial charge in [-0.15, -0.1) is 0 Å². The molecular formula is C14H26N2O2. The Balaban J connectivity index is 2.30. The first-order chi connectivity index (χ1) is 8.49. The minimum Gasteiger partial charge on any atom is -0.370 e. The molecule has 0 fully saturated rings. The lowest BCUT2D eigenvalue weighted by molar-refractivity contribution is 0.0127. The largest absolute Gasteiger partial charge is 0.370 e. The lowest BCUT2D eigenvalue weighted by Gasteiger charge is -2.14. The van der Waals surface area contributed by atoms with Crippen molar-refractivity contribution in [3.05, 3.63) is 17.5 Å². The molecule has 0 aliphatic carbocycles. The van der Waals surface area contributed by atoms with E-state index in [0.29, 0.717) is 18.4 Å². The Morgan fingerprint density at radius 1 is 1.28 bits per heavy atom. The fraction of sp³-hybridized carbons (Fsp3) is 0.786. The highest BCUT2D eigenvalue weighted by Gasteiger charge is 2.10. The van der Waals surface area contributed by atoms with E-state index < -0.39 is 0 Å². The van der Waals surface area contributed by atoms with Crippen LogP contribution in [-0.2, 0) is 17.9 Å². The molecule has 0 aromatic carbocycles.